The van der Waals surface area contributed by atoms with Gasteiger partial charge in [0.15, 0.2) is 5.82 Å². The molecule has 0 spiro atoms. The van der Waals surface area contributed by atoms with E-state index < -0.39 is 0 Å². The van der Waals surface area contributed by atoms with Gasteiger partial charge in [0.1, 0.15) is 5.75 Å². The Morgan fingerprint density at radius 1 is 1.21 bits per heavy atom. The van der Waals surface area contributed by atoms with E-state index in [4.69, 9.17) is 10.5 Å². The minimum atomic E-state index is 0.520. The van der Waals surface area contributed by atoms with E-state index in [1.54, 1.807) is 6.20 Å². The monoisotopic (exact) mass is 257 g/mol. The maximum absolute atomic E-state index is 5.83. The second kappa shape index (κ2) is 6.09. The maximum atomic E-state index is 5.83. The predicted octanol–water partition coefficient (Wildman–Crippen LogP) is 3.44. The molecule has 0 bridgehead atoms. The molecule has 0 aliphatic carbocycles. The first kappa shape index (κ1) is 13.2. The number of pyridine rings is 1. The Balaban J connectivity index is 2.01. The molecule has 0 saturated carbocycles. The zero-order valence-corrected chi connectivity index (χ0v) is 11.3. The highest BCUT2D eigenvalue weighted by Crippen LogP contribution is 2.22. The van der Waals surface area contributed by atoms with Crippen molar-refractivity contribution in [3.05, 3.63) is 42.6 Å². The molecule has 1 heterocycles. The normalized spacial score (nSPS) is 10.5. The topological polar surface area (TPSA) is 60.2 Å². The molecule has 0 amide bonds. The summed E-state index contributed by atoms with van der Waals surface area (Å²) in [5.74, 6) is 2.05. The molecule has 100 valence electrons. The minimum Gasteiger partial charge on any atom is -0.493 e. The molecule has 0 aliphatic heterocycles. The van der Waals surface area contributed by atoms with Crippen LogP contribution in [0.2, 0.25) is 0 Å². The van der Waals surface area contributed by atoms with Crippen molar-refractivity contribution in [1.82, 2.24) is 4.98 Å². The van der Waals surface area contributed by atoms with E-state index in [1.165, 1.54) is 0 Å². The van der Waals surface area contributed by atoms with Crippen LogP contribution in [0.5, 0.6) is 5.75 Å². The van der Waals surface area contributed by atoms with E-state index in [0.29, 0.717) is 17.4 Å². The van der Waals surface area contributed by atoms with Gasteiger partial charge in [-0.05, 0) is 42.3 Å². The highest BCUT2D eigenvalue weighted by atomic mass is 16.5. The summed E-state index contributed by atoms with van der Waals surface area (Å²) in [6.07, 6.45) is 1.71. The largest absolute Gasteiger partial charge is 0.493 e. The van der Waals surface area contributed by atoms with Gasteiger partial charge in [0.2, 0.25) is 0 Å². The predicted molar refractivity (Wildman–Crippen MR) is 78.7 cm³/mol. The lowest BCUT2D eigenvalue weighted by Gasteiger charge is -2.10. The van der Waals surface area contributed by atoms with Gasteiger partial charge in [-0.1, -0.05) is 13.8 Å². The van der Waals surface area contributed by atoms with Gasteiger partial charge >= 0.3 is 0 Å². The fourth-order valence-corrected chi connectivity index (χ4v) is 1.56. The third-order valence-electron chi connectivity index (χ3n) is 2.54. The van der Waals surface area contributed by atoms with Crippen molar-refractivity contribution in [3.8, 4) is 5.75 Å². The number of nitrogens with one attached hydrogen (secondary N) is 1. The third kappa shape index (κ3) is 3.88. The van der Waals surface area contributed by atoms with Crippen molar-refractivity contribution in [2.75, 3.05) is 17.7 Å². The first-order valence-electron chi connectivity index (χ1n) is 6.35. The average molecular weight is 257 g/mol. The van der Waals surface area contributed by atoms with Crippen LogP contribution in [0.4, 0.5) is 17.2 Å². The molecule has 0 saturated heterocycles. The molecular weight excluding hydrogens is 238 g/mol. The molecule has 19 heavy (non-hydrogen) atoms. The van der Waals surface area contributed by atoms with E-state index in [0.717, 1.165) is 18.0 Å². The summed E-state index contributed by atoms with van der Waals surface area (Å²) in [5, 5.41) is 3.17. The lowest BCUT2D eigenvalue weighted by atomic mass is 10.2. The molecule has 2 rings (SSSR count). The number of benzene rings is 1. The molecule has 0 unspecified atom stereocenters. The number of rotatable bonds is 5. The molecule has 3 N–H and O–H groups in total. The van der Waals surface area contributed by atoms with Gasteiger partial charge in [0.25, 0.3) is 0 Å². The SMILES string of the molecule is CC(C)COc1ccc(Nc2ncccc2N)cc1. The Kier molecular flexibility index (Phi) is 4.23. The van der Waals surface area contributed by atoms with Crippen LogP contribution in [0.15, 0.2) is 42.6 Å². The maximum Gasteiger partial charge on any atom is 0.153 e. The number of hydrogen-bond acceptors (Lipinski definition) is 4. The number of nitrogens with two attached hydrogens (primary N) is 1. The average Bonchev–Trinajstić information content (AvgIpc) is 2.40. The van der Waals surface area contributed by atoms with Crippen LogP contribution in [0, 0.1) is 5.92 Å². The molecule has 0 radical (unpaired) electrons. The van der Waals surface area contributed by atoms with E-state index in [2.05, 4.69) is 24.1 Å². The number of nitrogens with zero attached hydrogens (tertiary/aromatic N) is 1. The first-order valence-corrected chi connectivity index (χ1v) is 6.35. The fraction of sp³-hybridized carbons (Fsp3) is 0.267. The smallest absolute Gasteiger partial charge is 0.153 e. The molecule has 0 fully saturated rings. The van der Waals surface area contributed by atoms with Crippen LogP contribution < -0.4 is 15.8 Å². The number of aromatic nitrogens is 1. The van der Waals surface area contributed by atoms with E-state index >= 15 is 0 Å². The molecule has 0 aliphatic rings. The Morgan fingerprint density at radius 3 is 2.58 bits per heavy atom. The Bertz CT molecular complexity index is 523. The molecule has 0 atom stereocenters. The highest BCUT2D eigenvalue weighted by molar-refractivity contribution is 5.68. The van der Waals surface area contributed by atoms with Gasteiger partial charge in [0.05, 0.1) is 12.3 Å². The van der Waals surface area contributed by atoms with Crippen molar-refractivity contribution >= 4 is 17.2 Å². The van der Waals surface area contributed by atoms with Crippen LogP contribution in [-0.2, 0) is 0 Å². The zero-order valence-electron chi connectivity index (χ0n) is 11.3. The Morgan fingerprint density at radius 2 is 1.95 bits per heavy atom. The Hall–Kier alpha value is -2.23. The van der Waals surface area contributed by atoms with Crippen LogP contribution in [0.3, 0.4) is 0 Å². The van der Waals surface area contributed by atoms with E-state index in [-0.39, 0.29) is 0 Å². The fourth-order valence-electron chi connectivity index (χ4n) is 1.56. The molecule has 1 aromatic heterocycles. The van der Waals surface area contributed by atoms with Crippen molar-refractivity contribution in [1.29, 1.82) is 0 Å². The molecular formula is C15H19N3O. The van der Waals surface area contributed by atoms with Gasteiger partial charge < -0.3 is 15.8 Å². The summed E-state index contributed by atoms with van der Waals surface area (Å²) in [6.45, 7) is 4.97. The number of nitrogen functional groups attached to an aromatic ring is 1. The number of hydrogen-bond donors (Lipinski definition) is 2. The van der Waals surface area contributed by atoms with Crippen LogP contribution in [0.25, 0.3) is 0 Å². The Labute approximate surface area is 113 Å². The highest BCUT2D eigenvalue weighted by Gasteiger charge is 2.01. The van der Waals surface area contributed by atoms with Crippen LogP contribution >= 0.6 is 0 Å². The summed E-state index contributed by atoms with van der Waals surface area (Å²) >= 11 is 0. The van der Waals surface area contributed by atoms with Crippen molar-refractivity contribution in [2.45, 2.75) is 13.8 Å². The third-order valence-corrected chi connectivity index (χ3v) is 2.54. The molecule has 1 aromatic carbocycles. The van der Waals surface area contributed by atoms with E-state index in [9.17, 15) is 0 Å². The van der Waals surface area contributed by atoms with Gasteiger partial charge in [-0.15, -0.1) is 0 Å². The van der Waals surface area contributed by atoms with Crippen molar-refractivity contribution in [2.24, 2.45) is 5.92 Å². The van der Waals surface area contributed by atoms with Gasteiger partial charge in [-0.3, -0.25) is 0 Å². The van der Waals surface area contributed by atoms with Gasteiger partial charge in [-0.25, -0.2) is 4.98 Å². The zero-order chi connectivity index (χ0) is 13.7. The quantitative estimate of drug-likeness (QED) is 0.861. The van der Waals surface area contributed by atoms with Crippen LogP contribution in [0.1, 0.15) is 13.8 Å². The standard InChI is InChI=1S/C15H19N3O/c1-11(2)10-19-13-7-5-12(6-8-13)18-15-14(16)4-3-9-17-15/h3-9,11H,10,16H2,1-2H3,(H,17,18). The van der Waals surface area contributed by atoms with Crippen molar-refractivity contribution in [3.63, 3.8) is 0 Å². The summed E-state index contributed by atoms with van der Waals surface area (Å²) < 4.78 is 5.63. The molecule has 2 aromatic rings. The lowest BCUT2D eigenvalue weighted by Crippen LogP contribution is -2.04. The molecule has 4 heteroatoms. The summed E-state index contributed by atoms with van der Waals surface area (Å²) in [6, 6.07) is 11.4. The van der Waals surface area contributed by atoms with Gasteiger partial charge in [-0.2, -0.15) is 0 Å². The van der Waals surface area contributed by atoms with Gasteiger partial charge in [0, 0.05) is 11.9 Å². The summed E-state index contributed by atoms with van der Waals surface area (Å²) in [5.41, 5.74) is 7.39. The second-order valence-corrected chi connectivity index (χ2v) is 4.80. The van der Waals surface area contributed by atoms with E-state index in [1.807, 2.05) is 36.4 Å². The number of anilines is 3. The second-order valence-electron chi connectivity index (χ2n) is 4.80. The van der Waals surface area contributed by atoms with Crippen LogP contribution in [-0.4, -0.2) is 11.6 Å². The molecule has 4 nitrogen and oxygen atoms in total. The van der Waals surface area contributed by atoms with Crippen molar-refractivity contribution < 1.29 is 4.74 Å². The first-order chi connectivity index (χ1) is 9.15. The summed E-state index contributed by atoms with van der Waals surface area (Å²) in [7, 11) is 0. The lowest BCUT2D eigenvalue weighted by molar-refractivity contribution is 0.271. The summed E-state index contributed by atoms with van der Waals surface area (Å²) in [4.78, 5) is 4.19. The minimum absolute atomic E-state index is 0.520. The number of ether oxygens (including phenoxy) is 1.